The highest BCUT2D eigenvalue weighted by atomic mass is 35.5. The molecule has 0 unspecified atom stereocenters. The number of hydrogen-bond acceptors (Lipinski definition) is 3. The maximum absolute atomic E-state index is 12.9. The molecule has 3 rings (SSSR count). The quantitative estimate of drug-likeness (QED) is 0.506. The number of nitrogens with zero attached hydrogens (tertiary/aromatic N) is 2. The molecular weight excluding hydrogens is 381 g/mol. The first-order valence-electron chi connectivity index (χ1n) is 7.65. The van der Waals surface area contributed by atoms with Crippen molar-refractivity contribution < 1.29 is 18.0 Å². The highest BCUT2D eigenvalue weighted by molar-refractivity contribution is 6.30. The van der Waals surface area contributed by atoms with Crippen LogP contribution in [0.5, 0.6) is 0 Å². The van der Waals surface area contributed by atoms with Crippen LogP contribution >= 0.6 is 11.6 Å². The van der Waals surface area contributed by atoms with Crippen LogP contribution in [0.3, 0.4) is 0 Å². The molecule has 0 aliphatic carbocycles. The van der Waals surface area contributed by atoms with Gasteiger partial charge in [-0.15, -0.1) is 0 Å². The molecule has 1 amide bonds. The minimum absolute atomic E-state index is 0.112. The topological polar surface area (TPSA) is 70.1 Å². The smallest absolute Gasteiger partial charge is 0.272 e. The maximum atomic E-state index is 12.9. The molecule has 2 aromatic carbocycles. The molecule has 5 nitrogen and oxygen atoms in total. The van der Waals surface area contributed by atoms with Crippen LogP contribution in [0.4, 0.5) is 13.2 Å². The molecule has 0 saturated heterocycles. The van der Waals surface area contributed by atoms with Gasteiger partial charge in [0.15, 0.2) is 0 Å². The number of aromatic amines is 1. The van der Waals surface area contributed by atoms with Gasteiger partial charge in [0, 0.05) is 16.1 Å². The van der Waals surface area contributed by atoms with E-state index < -0.39 is 17.6 Å². The van der Waals surface area contributed by atoms with Crippen molar-refractivity contribution >= 4 is 23.7 Å². The van der Waals surface area contributed by atoms with Crippen LogP contribution in [-0.4, -0.2) is 22.3 Å². The van der Waals surface area contributed by atoms with Gasteiger partial charge >= 0.3 is 6.18 Å². The van der Waals surface area contributed by atoms with Crippen LogP contribution < -0.4 is 5.43 Å². The Kier molecular flexibility index (Phi) is 5.27. The number of hydrazone groups is 1. The molecule has 1 heterocycles. The SMILES string of the molecule is O=C(N/N=C\c1ccccc1C(F)(F)F)c1cc(-c2ccc(Cl)cc2)n[nH]1. The molecule has 0 atom stereocenters. The van der Waals surface area contributed by atoms with Crippen molar-refractivity contribution in [3.05, 3.63) is 76.4 Å². The largest absolute Gasteiger partial charge is 0.417 e. The first kappa shape index (κ1) is 18.7. The lowest BCUT2D eigenvalue weighted by Gasteiger charge is -2.09. The van der Waals surface area contributed by atoms with Crippen molar-refractivity contribution in [2.75, 3.05) is 0 Å². The van der Waals surface area contributed by atoms with E-state index in [1.165, 1.54) is 24.3 Å². The Labute approximate surface area is 156 Å². The second-order valence-corrected chi connectivity index (χ2v) is 5.89. The number of rotatable bonds is 4. The molecule has 0 saturated carbocycles. The number of hydrogen-bond donors (Lipinski definition) is 2. The molecule has 0 fully saturated rings. The van der Waals surface area contributed by atoms with Crippen LogP contribution in [0, 0.1) is 0 Å². The van der Waals surface area contributed by atoms with Gasteiger partial charge in [-0.25, -0.2) is 5.43 Å². The number of halogens is 4. The monoisotopic (exact) mass is 392 g/mol. The minimum atomic E-state index is -4.51. The summed E-state index contributed by atoms with van der Waals surface area (Å²) in [6.07, 6.45) is -3.57. The van der Waals surface area contributed by atoms with E-state index in [0.29, 0.717) is 10.7 Å². The van der Waals surface area contributed by atoms with Gasteiger partial charge in [0.05, 0.1) is 17.5 Å². The number of alkyl halides is 3. The van der Waals surface area contributed by atoms with E-state index in [4.69, 9.17) is 11.6 Å². The van der Waals surface area contributed by atoms with Gasteiger partial charge in [0.1, 0.15) is 5.69 Å². The predicted molar refractivity (Wildman–Crippen MR) is 95.5 cm³/mol. The summed E-state index contributed by atoms with van der Waals surface area (Å²) < 4.78 is 38.8. The van der Waals surface area contributed by atoms with E-state index in [0.717, 1.165) is 17.8 Å². The van der Waals surface area contributed by atoms with Crippen molar-refractivity contribution in [3.8, 4) is 11.3 Å². The Morgan fingerprint density at radius 3 is 2.56 bits per heavy atom. The number of carbonyl (C=O) groups is 1. The van der Waals surface area contributed by atoms with Crippen molar-refractivity contribution in [1.82, 2.24) is 15.6 Å². The fourth-order valence-corrected chi connectivity index (χ4v) is 2.42. The van der Waals surface area contributed by atoms with Gasteiger partial charge in [-0.2, -0.15) is 23.4 Å². The number of benzene rings is 2. The minimum Gasteiger partial charge on any atom is -0.272 e. The van der Waals surface area contributed by atoms with Crippen LogP contribution in [0.25, 0.3) is 11.3 Å². The number of amides is 1. The number of carbonyl (C=O) groups excluding carboxylic acids is 1. The molecule has 0 radical (unpaired) electrons. The van der Waals surface area contributed by atoms with E-state index in [2.05, 4.69) is 20.7 Å². The Hall–Kier alpha value is -3.13. The Balaban J connectivity index is 1.70. The first-order valence-corrected chi connectivity index (χ1v) is 8.03. The summed E-state index contributed by atoms with van der Waals surface area (Å²) in [4.78, 5) is 12.1. The molecular formula is C18H12ClF3N4O. The van der Waals surface area contributed by atoms with Crippen molar-refractivity contribution in [2.24, 2.45) is 5.10 Å². The molecule has 9 heteroatoms. The lowest BCUT2D eigenvalue weighted by molar-refractivity contribution is -0.137. The average Bonchev–Trinajstić information content (AvgIpc) is 3.12. The molecule has 0 aliphatic heterocycles. The average molecular weight is 393 g/mol. The zero-order valence-corrected chi connectivity index (χ0v) is 14.3. The van der Waals surface area contributed by atoms with E-state index >= 15 is 0 Å². The van der Waals surface area contributed by atoms with Gasteiger partial charge in [-0.3, -0.25) is 9.89 Å². The van der Waals surface area contributed by atoms with Gasteiger partial charge in [-0.05, 0) is 24.3 Å². The Bertz CT molecular complexity index is 981. The zero-order valence-electron chi connectivity index (χ0n) is 13.6. The summed E-state index contributed by atoms with van der Waals surface area (Å²) in [6.45, 7) is 0. The lowest BCUT2D eigenvalue weighted by atomic mass is 10.1. The normalized spacial score (nSPS) is 11.7. The summed E-state index contributed by atoms with van der Waals surface area (Å²) in [7, 11) is 0. The summed E-state index contributed by atoms with van der Waals surface area (Å²) in [5.41, 5.74) is 2.55. The molecule has 3 aromatic rings. The number of aromatic nitrogens is 2. The van der Waals surface area contributed by atoms with Crippen LogP contribution in [0.1, 0.15) is 21.6 Å². The molecule has 0 spiro atoms. The summed E-state index contributed by atoms with van der Waals surface area (Å²) in [6, 6.07) is 13.3. The third kappa shape index (κ3) is 4.53. The van der Waals surface area contributed by atoms with Crippen LogP contribution in [-0.2, 0) is 6.18 Å². The summed E-state index contributed by atoms with van der Waals surface area (Å²) >= 11 is 5.82. The van der Waals surface area contributed by atoms with E-state index in [9.17, 15) is 18.0 Å². The molecule has 1 aromatic heterocycles. The summed E-state index contributed by atoms with van der Waals surface area (Å²) in [5.74, 6) is -0.636. The first-order chi connectivity index (χ1) is 12.8. The van der Waals surface area contributed by atoms with Crippen molar-refractivity contribution in [1.29, 1.82) is 0 Å². The fraction of sp³-hybridized carbons (Fsp3) is 0.0556. The van der Waals surface area contributed by atoms with Gasteiger partial charge in [0.25, 0.3) is 5.91 Å². The van der Waals surface area contributed by atoms with E-state index in [1.54, 1.807) is 24.3 Å². The van der Waals surface area contributed by atoms with Gasteiger partial charge < -0.3 is 0 Å². The predicted octanol–water partition coefficient (Wildman–Crippen LogP) is 4.51. The van der Waals surface area contributed by atoms with Crippen LogP contribution in [0.2, 0.25) is 5.02 Å². The fourth-order valence-electron chi connectivity index (χ4n) is 2.29. The Morgan fingerprint density at radius 1 is 1.15 bits per heavy atom. The molecule has 138 valence electrons. The second-order valence-electron chi connectivity index (χ2n) is 5.46. The third-order valence-electron chi connectivity index (χ3n) is 3.60. The maximum Gasteiger partial charge on any atom is 0.417 e. The van der Waals surface area contributed by atoms with Gasteiger partial charge in [-0.1, -0.05) is 41.9 Å². The van der Waals surface area contributed by atoms with Gasteiger partial charge in [0.2, 0.25) is 0 Å². The zero-order chi connectivity index (χ0) is 19.4. The van der Waals surface area contributed by atoms with Crippen molar-refractivity contribution in [2.45, 2.75) is 6.18 Å². The van der Waals surface area contributed by atoms with E-state index in [1.807, 2.05) is 0 Å². The van der Waals surface area contributed by atoms with Crippen LogP contribution in [0.15, 0.2) is 59.7 Å². The summed E-state index contributed by atoms with van der Waals surface area (Å²) in [5, 5.41) is 10.7. The Morgan fingerprint density at radius 2 is 1.85 bits per heavy atom. The second kappa shape index (κ2) is 7.63. The number of H-pyrrole nitrogens is 1. The third-order valence-corrected chi connectivity index (χ3v) is 3.85. The number of nitrogens with one attached hydrogen (secondary N) is 2. The lowest BCUT2D eigenvalue weighted by Crippen LogP contribution is -2.18. The molecule has 27 heavy (non-hydrogen) atoms. The van der Waals surface area contributed by atoms with Crippen molar-refractivity contribution in [3.63, 3.8) is 0 Å². The molecule has 0 bridgehead atoms. The highest BCUT2D eigenvalue weighted by Crippen LogP contribution is 2.31. The molecule has 0 aliphatic rings. The standard InChI is InChI=1S/C18H12ClF3N4O/c19-13-7-5-11(6-8-13)15-9-16(25-24-15)17(27)26-23-10-12-3-1-2-4-14(12)18(20,21)22/h1-10H,(H,24,25)(H,26,27)/b23-10-. The highest BCUT2D eigenvalue weighted by Gasteiger charge is 2.32. The molecule has 2 N–H and O–H groups in total. The van der Waals surface area contributed by atoms with E-state index in [-0.39, 0.29) is 11.3 Å².